The van der Waals surface area contributed by atoms with Gasteiger partial charge in [0, 0.05) is 18.0 Å². The Morgan fingerprint density at radius 3 is 2.60 bits per heavy atom. The summed E-state index contributed by atoms with van der Waals surface area (Å²) >= 11 is 5.87. The molecule has 4 nitrogen and oxygen atoms in total. The zero-order valence-corrected chi connectivity index (χ0v) is 12.8. The Bertz CT molecular complexity index is 441. The van der Waals surface area contributed by atoms with E-state index in [0.717, 1.165) is 30.5 Å². The van der Waals surface area contributed by atoms with Crippen molar-refractivity contribution in [1.29, 1.82) is 5.26 Å². The van der Waals surface area contributed by atoms with Gasteiger partial charge in [0.15, 0.2) is 0 Å². The van der Waals surface area contributed by atoms with E-state index in [1.807, 2.05) is 24.3 Å². The largest absolute Gasteiger partial charge is 0.394 e. The molecule has 0 aliphatic carbocycles. The van der Waals surface area contributed by atoms with Crippen molar-refractivity contribution in [3.05, 3.63) is 34.9 Å². The maximum absolute atomic E-state index is 8.52. The van der Waals surface area contributed by atoms with Crippen molar-refractivity contribution in [3.63, 3.8) is 0 Å². The van der Waals surface area contributed by atoms with Crippen LogP contribution in [0.25, 0.3) is 0 Å². The summed E-state index contributed by atoms with van der Waals surface area (Å²) in [6.45, 7) is 0.834. The third kappa shape index (κ3) is 7.34. The number of rotatable bonds is 8. The van der Waals surface area contributed by atoms with Gasteiger partial charge in [-0.3, -0.25) is 0 Å². The van der Waals surface area contributed by atoms with Crippen LogP contribution in [0.4, 0.5) is 0 Å². The molecule has 0 heterocycles. The van der Waals surface area contributed by atoms with E-state index < -0.39 is 0 Å². The van der Waals surface area contributed by atoms with E-state index in [1.54, 1.807) is 0 Å². The lowest BCUT2D eigenvalue weighted by atomic mass is 10.0. The van der Waals surface area contributed by atoms with E-state index in [0.29, 0.717) is 24.6 Å². The number of oxime groups is 1. The Kier molecular flexibility index (Phi) is 10.8. The number of nitriles is 1. The number of halogens is 2. The first-order valence-electron chi connectivity index (χ1n) is 6.29. The van der Waals surface area contributed by atoms with Gasteiger partial charge in [-0.1, -0.05) is 28.9 Å². The molecule has 0 aliphatic heterocycles. The summed E-state index contributed by atoms with van der Waals surface area (Å²) in [5, 5.41) is 13.3. The number of hydrogen-bond donors (Lipinski definition) is 1. The zero-order valence-electron chi connectivity index (χ0n) is 11.2. The standard InChI is InChI=1S/C14H18ClN3O.ClH/c15-13-7-5-12(6-8-13)14(18-19-11-10-17)4-2-1-3-9-16;/h5-8H,1-4,10-11,17H2;1H. The van der Waals surface area contributed by atoms with Crippen LogP contribution in [-0.2, 0) is 4.84 Å². The predicted molar refractivity (Wildman–Crippen MR) is 84.3 cm³/mol. The van der Waals surface area contributed by atoms with Crippen molar-refractivity contribution in [2.75, 3.05) is 13.2 Å². The maximum atomic E-state index is 8.52. The van der Waals surface area contributed by atoms with E-state index in [9.17, 15) is 0 Å². The van der Waals surface area contributed by atoms with Crippen molar-refractivity contribution in [1.82, 2.24) is 0 Å². The predicted octanol–water partition coefficient (Wildman–Crippen LogP) is 3.53. The summed E-state index contributed by atoms with van der Waals surface area (Å²) in [4.78, 5) is 5.15. The third-order valence-corrected chi connectivity index (χ3v) is 2.77. The Hall–Kier alpha value is -1.28. The second-order valence-corrected chi connectivity index (χ2v) is 4.47. The molecule has 0 bridgehead atoms. The average Bonchev–Trinajstić information content (AvgIpc) is 2.43. The van der Waals surface area contributed by atoms with Gasteiger partial charge in [-0.2, -0.15) is 5.26 Å². The molecule has 0 saturated carbocycles. The van der Waals surface area contributed by atoms with Crippen molar-refractivity contribution in [2.45, 2.75) is 25.7 Å². The smallest absolute Gasteiger partial charge is 0.129 e. The van der Waals surface area contributed by atoms with Gasteiger partial charge in [-0.05, 0) is 37.0 Å². The quantitative estimate of drug-likeness (QED) is 0.453. The number of hydrogen-bond acceptors (Lipinski definition) is 4. The number of unbranched alkanes of at least 4 members (excludes halogenated alkanes) is 2. The number of benzene rings is 1. The SMILES string of the molecule is Cl.N#CCCCCC(=NOCCN)c1ccc(Cl)cc1. The van der Waals surface area contributed by atoms with Crippen LogP contribution in [0.1, 0.15) is 31.2 Å². The highest BCUT2D eigenvalue weighted by Gasteiger charge is 2.05. The van der Waals surface area contributed by atoms with E-state index in [-0.39, 0.29) is 12.4 Å². The molecule has 6 heteroatoms. The average molecular weight is 316 g/mol. The van der Waals surface area contributed by atoms with Gasteiger partial charge in [0.2, 0.25) is 0 Å². The first-order chi connectivity index (χ1) is 9.27. The van der Waals surface area contributed by atoms with Gasteiger partial charge in [-0.15, -0.1) is 12.4 Å². The monoisotopic (exact) mass is 315 g/mol. The second kappa shape index (κ2) is 11.5. The fourth-order valence-electron chi connectivity index (χ4n) is 1.56. The fourth-order valence-corrected chi connectivity index (χ4v) is 1.68. The van der Waals surface area contributed by atoms with Crippen molar-refractivity contribution in [2.24, 2.45) is 10.9 Å². The van der Waals surface area contributed by atoms with Crippen LogP contribution in [-0.4, -0.2) is 18.9 Å². The molecule has 0 atom stereocenters. The molecule has 110 valence electrons. The third-order valence-electron chi connectivity index (χ3n) is 2.51. The van der Waals surface area contributed by atoms with Crippen LogP contribution in [0.5, 0.6) is 0 Å². The Balaban J connectivity index is 0.00000361. The normalized spacial score (nSPS) is 10.6. The van der Waals surface area contributed by atoms with Gasteiger partial charge in [-0.25, -0.2) is 0 Å². The molecule has 0 amide bonds. The summed E-state index contributed by atoms with van der Waals surface area (Å²) in [5.74, 6) is 0. The summed E-state index contributed by atoms with van der Waals surface area (Å²) in [7, 11) is 0. The van der Waals surface area contributed by atoms with Crippen LogP contribution in [0, 0.1) is 11.3 Å². The van der Waals surface area contributed by atoms with Crippen LogP contribution in [0.2, 0.25) is 5.02 Å². The van der Waals surface area contributed by atoms with Crippen molar-refractivity contribution in [3.8, 4) is 6.07 Å². The lowest BCUT2D eigenvalue weighted by molar-refractivity contribution is 0.152. The van der Waals surface area contributed by atoms with Crippen molar-refractivity contribution < 1.29 is 4.84 Å². The molecule has 0 aliphatic rings. The van der Waals surface area contributed by atoms with E-state index in [4.69, 9.17) is 27.4 Å². The molecule has 0 unspecified atom stereocenters. The van der Waals surface area contributed by atoms with Crippen LogP contribution in [0.3, 0.4) is 0 Å². The number of nitrogens with two attached hydrogens (primary N) is 1. The van der Waals surface area contributed by atoms with Gasteiger partial charge in [0.05, 0.1) is 11.8 Å². The molecular weight excluding hydrogens is 297 g/mol. The number of nitrogens with zero attached hydrogens (tertiary/aromatic N) is 2. The second-order valence-electron chi connectivity index (χ2n) is 4.03. The minimum absolute atomic E-state index is 0. The van der Waals surface area contributed by atoms with Crippen LogP contribution >= 0.6 is 24.0 Å². The molecule has 0 radical (unpaired) electrons. The fraction of sp³-hybridized carbons (Fsp3) is 0.429. The minimum Gasteiger partial charge on any atom is -0.394 e. The summed E-state index contributed by atoms with van der Waals surface area (Å²) in [6, 6.07) is 9.61. The Morgan fingerprint density at radius 2 is 2.00 bits per heavy atom. The van der Waals surface area contributed by atoms with E-state index in [2.05, 4.69) is 11.2 Å². The summed E-state index contributed by atoms with van der Waals surface area (Å²) < 4.78 is 0. The molecule has 1 aromatic rings. The van der Waals surface area contributed by atoms with Crippen molar-refractivity contribution >= 4 is 29.7 Å². The van der Waals surface area contributed by atoms with Gasteiger partial charge < -0.3 is 10.6 Å². The molecule has 1 rings (SSSR count). The van der Waals surface area contributed by atoms with E-state index >= 15 is 0 Å². The van der Waals surface area contributed by atoms with Gasteiger partial charge >= 0.3 is 0 Å². The maximum Gasteiger partial charge on any atom is 0.129 e. The Morgan fingerprint density at radius 1 is 1.30 bits per heavy atom. The van der Waals surface area contributed by atoms with Gasteiger partial charge in [0.25, 0.3) is 0 Å². The first-order valence-corrected chi connectivity index (χ1v) is 6.67. The topological polar surface area (TPSA) is 71.4 Å². The highest BCUT2D eigenvalue weighted by Crippen LogP contribution is 2.14. The lowest BCUT2D eigenvalue weighted by Crippen LogP contribution is -2.08. The summed E-state index contributed by atoms with van der Waals surface area (Å²) in [5.41, 5.74) is 7.21. The molecule has 1 aromatic carbocycles. The first kappa shape index (κ1) is 18.7. The molecule has 2 N–H and O–H groups in total. The molecule has 0 spiro atoms. The van der Waals surface area contributed by atoms with Crippen LogP contribution < -0.4 is 5.73 Å². The summed E-state index contributed by atoms with van der Waals surface area (Å²) in [6.07, 6.45) is 3.10. The molecule has 0 aromatic heterocycles. The minimum atomic E-state index is 0. The highest BCUT2D eigenvalue weighted by molar-refractivity contribution is 6.30. The lowest BCUT2D eigenvalue weighted by Gasteiger charge is -2.06. The molecule has 0 saturated heterocycles. The van der Waals surface area contributed by atoms with Crippen LogP contribution in [0.15, 0.2) is 29.4 Å². The van der Waals surface area contributed by atoms with E-state index in [1.165, 1.54) is 0 Å². The van der Waals surface area contributed by atoms with Gasteiger partial charge in [0.1, 0.15) is 6.61 Å². The molecule has 20 heavy (non-hydrogen) atoms. The highest BCUT2D eigenvalue weighted by atomic mass is 35.5. The zero-order chi connectivity index (χ0) is 13.9. The molecule has 0 fully saturated rings. The molecular formula is C14H19Cl2N3O. The Labute approximate surface area is 131 Å².